The number of amides is 1. The van der Waals surface area contributed by atoms with Crippen LogP contribution in [0.2, 0.25) is 0 Å². The highest BCUT2D eigenvalue weighted by Gasteiger charge is 2.28. The minimum atomic E-state index is 0.0827. The number of hydrogen-bond donors (Lipinski definition) is 1. The molecule has 1 aromatic heterocycles. The van der Waals surface area contributed by atoms with E-state index in [1.807, 2.05) is 4.90 Å². The molecule has 0 radical (unpaired) electrons. The van der Waals surface area contributed by atoms with Crippen LogP contribution in [0.1, 0.15) is 50.4 Å². The largest absolute Gasteiger partial charge is 0.472 e. The molecule has 3 rings (SSSR count). The van der Waals surface area contributed by atoms with Gasteiger partial charge in [0, 0.05) is 25.7 Å². The number of nitrogens with one attached hydrogen (secondary N) is 1. The SMILES string of the molecule is CC1=C(CNC2CCN(C(=O)c3ccoc3)CC2)C(C)(C)CC=C1. The molecule has 130 valence electrons. The number of piperidine rings is 1. The smallest absolute Gasteiger partial charge is 0.257 e. The molecular formula is C20H28N2O2. The highest BCUT2D eigenvalue weighted by atomic mass is 16.3. The number of allylic oxidation sites excluding steroid dienone is 3. The van der Waals surface area contributed by atoms with E-state index in [2.05, 4.69) is 38.2 Å². The topological polar surface area (TPSA) is 45.5 Å². The lowest BCUT2D eigenvalue weighted by Gasteiger charge is -2.35. The van der Waals surface area contributed by atoms with E-state index in [0.717, 1.165) is 38.9 Å². The summed E-state index contributed by atoms with van der Waals surface area (Å²) in [5.41, 5.74) is 3.80. The molecule has 1 N–H and O–H groups in total. The van der Waals surface area contributed by atoms with Crippen LogP contribution in [0.3, 0.4) is 0 Å². The summed E-state index contributed by atoms with van der Waals surface area (Å²) >= 11 is 0. The second-order valence-electron chi connectivity index (χ2n) is 7.61. The van der Waals surface area contributed by atoms with Gasteiger partial charge >= 0.3 is 0 Å². The van der Waals surface area contributed by atoms with Crippen LogP contribution in [-0.2, 0) is 0 Å². The van der Waals surface area contributed by atoms with Crippen molar-refractivity contribution in [2.45, 2.75) is 46.1 Å². The predicted molar refractivity (Wildman–Crippen MR) is 95.9 cm³/mol. The highest BCUT2D eigenvalue weighted by molar-refractivity contribution is 5.93. The zero-order valence-corrected chi connectivity index (χ0v) is 15.0. The molecule has 24 heavy (non-hydrogen) atoms. The van der Waals surface area contributed by atoms with Crippen molar-refractivity contribution in [3.63, 3.8) is 0 Å². The number of likely N-dealkylation sites (tertiary alicyclic amines) is 1. The number of carbonyl (C=O) groups is 1. The van der Waals surface area contributed by atoms with Gasteiger partial charge in [-0.3, -0.25) is 4.79 Å². The van der Waals surface area contributed by atoms with Crippen LogP contribution in [0, 0.1) is 5.41 Å². The normalized spacial score (nSPS) is 21.4. The summed E-state index contributed by atoms with van der Waals surface area (Å²) in [6.07, 6.45) is 10.7. The van der Waals surface area contributed by atoms with E-state index in [-0.39, 0.29) is 11.3 Å². The fourth-order valence-corrected chi connectivity index (χ4v) is 3.77. The Bertz CT molecular complexity index is 633. The third kappa shape index (κ3) is 3.64. The van der Waals surface area contributed by atoms with E-state index < -0.39 is 0 Å². The van der Waals surface area contributed by atoms with Crippen LogP contribution < -0.4 is 5.32 Å². The molecule has 0 saturated carbocycles. The lowest BCUT2D eigenvalue weighted by molar-refractivity contribution is 0.0705. The Balaban J connectivity index is 1.51. The second-order valence-corrected chi connectivity index (χ2v) is 7.61. The average Bonchev–Trinajstić information content (AvgIpc) is 3.08. The summed E-state index contributed by atoms with van der Waals surface area (Å²) in [6.45, 7) is 9.42. The fourth-order valence-electron chi connectivity index (χ4n) is 3.77. The zero-order valence-electron chi connectivity index (χ0n) is 15.0. The van der Waals surface area contributed by atoms with Crippen LogP contribution in [0.25, 0.3) is 0 Å². The van der Waals surface area contributed by atoms with Gasteiger partial charge in [-0.1, -0.05) is 31.6 Å². The van der Waals surface area contributed by atoms with Crippen LogP contribution in [-0.4, -0.2) is 36.5 Å². The Hall–Kier alpha value is -1.81. The van der Waals surface area contributed by atoms with Gasteiger partial charge in [0.15, 0.2) is 0 Å². The third-order valence-electron chi connectivity index (χ3n) is 5.41. The number of furan rings is 1. The summed E-state index contributed by atoms with van der Waals surface area (Å²) in [6, 6.07) is 2.22. The van der Waals surface area contributed by atoms with Gasteiger partial charge in [-0.2, -0.15) is 0 Å². The summed E-state index contributed by atoms with van der Waals surface area (Å²) in [7, 11) is 0. The molecule has 0 spiro atoms. The quantitative estimate of drug-likeness (QED) is 0.915. The molecule has 4 heteroatoms. The monoisotopic (exact) mass is 328 g/mol. The Morgan fingerprint density at radius 2 is 2.12 bits per heavy atom. The van der Waals surface area contributed by atoms with E-state index in [4.69, 9.17) is 4.42 Å². The van der Waals surface area contributed by atoms with Crippen LogP contribution >= 0.6 is 0 Å². The van der Waals surface area contributed by atoms with E-state index in [9.17, 15) is 4.79 Å². The summed E-state index contributed by atoms with van der Waals surface area (Å²) in [5, 5.41) is 3.72. The van der Waals surface area contributed by atoms with Gasteiger partial charge in [0.1, 0.15) is 6.26 Å². The molecule has 1 amide bonds. The van der Waals surface area contributed by atoms with Crippen molar-refractivity contribution in [3.8, 4) is 0 Å². The molecule has 4 nitrogen and oxygen atoms in total. The van der Waals surface area contributed by atoms with Gasteiger partial charge in [0.25, 0.3) is 5.91 Å². The van der Waals surface area contributed by atoms with Gasteiger partial charge in [-0.15, -0.1) is 0 Å². The Morgan fingerprint density at radius 1 is 1.38 bits per heavy atom. The van der Waals surface area contributed by atoms with Crippen LogP contribution in [0.15, 0.2) is 46.3 Å². The van der Waals surface area contributed by atoms with Crippen molar-refractivity contribution < 1.29 is 9.21 Å². The first-order chi connectivity index (χ1) is 11.5. The summed E-state index contributed by atoms with van der Waals surface area (Å²) in [5.74, 6) is 0.0827. The number of rotatable bonds is 4. The van der Waals surface area contributed by atoms with Crippen LogP contribution in [0.5, 0.6) is 0 Å². The summed E-state index contributed by atoms with van der Waals surface area (Å²) in [4.78, 5) is 14.3. The maximum Gasteiger partial charge on any atom is 0.257 e. The highest BCUT2D eigenvalue weighted by Crippen LogP contribution is 2.36. The van der Waals surface area contributed by atoms with Crippen molar-refractivity contribution in [1.29, 1.82) is 0 Å². The van der Waals surface area contributed by atoms with Gasteiger partial charge in [-0.25, -0.2) is 0 Å². The molecule has 0 atom stereocenters. The molecule has 1 saturated heterocycles. The van der Waals surface area contributed by atoms with Crippen molar-refractivity contribution in [1.82, 2.24) is 10.2 Å². The molecule has 1 aliphatic heterocycles. The van der Waals surface area contributed by atoms with Crippen molar-refractivity contribution in [2.24, 2.45) is 5.41 Å². The van der Waals surface area contributed by atoms with Gasteiger partial charge in [0.2, 0.25) is 0 Å². The standard InChI is InChI=1S/C20H28N2O2/c1-15-5-4-9-20(2,3)18(15)13-21-17-6-10-22(11-7-17)19(23)16-8-12-24-14-16/h4-5,8,12,14,17,21H,6-7,9-11,13H2,1-3H3. The van der Waals surface area contributed by atoms with E-state index in [0.29, 0.717) is 11.6 Å². The molecule has 1 aromatic rings. The van der Waals surface area contributed by atoms with E-state index >= 15 is 0 Å². The van der Waals surface area contributed by atoms with Gasteiger partial charge in [0.05, 0.1) is 11.8 Å². The maximum atomic E-state index is 12.3. The molecule has 2 aliphatic rings. The maximum absolute atomic E-state index is 12.3. The van der Waals surface area contributed by atoms with Crippen molar-refractivity contribution in [2.75, 3.05) is 19.6 Å². The number of nitrogens with zero attached hydrogens (tertiary/aromatic N) is 1. The van der Waals surface area contributed by atoms with Gasteiger partial charge in [-0.05, 0) is 43.2 Å². The third-order valence-corrected chi connectivity index (χ3v) is 5.41. The molecule has 0 aromatic carbocycles. The average molecular weight is 328 g/mol. The first kappa shape index (κ1) is 17.0. The minimum Gasteiger partial charge on any atom is -0.472 e. The Morgan fingerprint density at radius 3 is 2.75 bits per heavy atom. The zero-order chi connectivity index (χ0) is 17.2. The van der Waals surface area contributed by atoms with Gasteiger partial charge < -0.3 is 14.6 Å². The number of hydrogen-bond acceptors (Lipinski definition) is 3. The van der Waals surface area contributed by atoms with Crippen molar-refractivity contribution in [3.05, 3.63) is 47.5 Å². The first-order valence-electron chi connectivity index (χ1n) is 8.89. The molecule has 1 fully saturated rings. The predicted octanol–water partition coefficient (Wildman–Crippen LogP) is 3.78. The van der Waals surface area contributed by atoms with E-state index in [1.165, 1.54) is 17.4 Å². The van der Waals surface area contributed by atoms with Crippen LogP contribution in [0.4, 0.5) is 0 Å². The molecule has 1 aliphatic carbocycles. The van der Waals surface area contributed by atoms with Crippen molar-refractivity contribution >= 4 is 5.91 Å². The Labute approximate surface area is 144 Å². The Kier molecular flexibility index (Phi) is 4.95. The second kappa shape index (κ2) is 6.98. The number of carbonyl (C=O) groups excluding carboxylic acids is 1. The summed E-state index contributed by atoms with van der Waals surface area (Å²) < 4.78 is 5.01. The van der Waals surface area contributed by atoms with E-state index in [1.54, 1.807) is 12.3 Å². The fraction of sp³-hybridized carbons (Fsp3) is 0.550. The molecule has 2 heterocycles. The minimum absolute atomic E-state index is 0.0827. The molecular weight excluding hydrogens is 300 g/mol. The lowest BCUT2D eigenvalue weighted by Crippen LogP contribution is -2.46. The first-order valence-corrected chi connectivity index (χ1v) is 8.89. The lowest BCUT2D eigenvalue weighted by atomic mass is 9.75. The molecule has 0 unspecified atom stereocenters. The molecule has 0 bridgehead atoms.